The standard InChI is InChI=1S/C28H53N9/c1-22(2)37-21-24(35-36-37)18-19-26(29)33-20-14-13-17-25(27(30)31)34-28(32)23-15-11-9-7-5-3-4-6-8-10-12-16-23/h21-23,25H,3-20H2,1-2H3,(H2,29,33)(H3,30,31)(H2,32,34)/t25-/m0/s1. The molecule has 0 aliphatic heterocycles. The number of unbranched alkanes of at least 4 members (excludes halogenated alkanes) is 1. The smallest absolute Gasteiger partial charge is 0.114 e. The Hall–Kier alpha value is -2.45. The van der Waals surface area contributed by atoms with Gasteiger partial charge < -0.3 is 16.4 Å². The zero-order valence-corrected chi connectivity index (χ0v) is 23.5. The van der Waals surface area contributed by atoms with Crippen LogP contribution < -0.4 is 16.4 Å². The molecule has 0 bridgehead atoms. The second-order valence-corrected chi connectivity index (χ2v) is 11.1. The lowest BCUT2D eigenvalue weighted by molar-refractivity contribution is 0.480. The van der Waals surface area contributed by atoms with E-state index in [2.05, 4.69) is 34.8 Å². The monoisotopic (exact) mass is 515 g/mol. The molecular weight excluding hydrogens is 462 g/mol. The molecule has 1 atom stereocenters. The highest BCUT2D eigenvalue weighted by atomic mass is 15.4. The first kappa shape index (κ1) is 30.8. The topological polar surface area (TPSA) is 152 Å². The summed E-state index contributed by atoms with van der Waals surface area (Å²) in [7, 11) is 0. The second-order valence-electron chi connectivity index (χ2n) is 11.1. The highest BCUT2D eigenvalue weighted by Gasteiger charge is 2.20. The average Bonchev–Trinajstić information content (AvgIpc) is 3.35. The Kier molecular flexibility index (Phi) is 14.9. The van der Waals surface area contributed by atoms with Crippen molar-refractivity contribution in [3.05, 3.63) is 11.9 Å². The van der Waals surface area contributed by atoms with Gasteiger partial charge >= 0.3 is 0 Å². The number of nitrogens with two attached hydrogens (primary N) is 1. The van der Waals surface area contributed by atoms with Gasteiger partial charge in [0.15, 0.2) is 0 Å². The maximum atomic E-state index is 8.74. The molecule has 1 saturated carbocycles. The van der Waals surface area contributed by atoms with Gasteiger partial charge in [-0.05, 0) is 46.0 Å². The summed E-state index contributed by atoms with van der Waals surface area (Å²) >= 11 is 0. The molecule has 37 heavy (non-hydrogen) atoms. The Morgan fingerprint density at radius 2 is 1.57 bits per heavy atom. The van der Waals surface area contributed by atoms with Crippen LogP contribution in [-0.2, 0) is 6.42 Å². The third-order valence-corrected chi connectivity index (χ3v) is 7.44. The lowest BCUT2D eigenvalue weighted by Gasteiger charge is -2.24. The van der Waals surface area contributed by atoms with Crippen LogP contribution in [0.4, 0.5) is 0 Å². The molecule has 210 valence electrons. The highest BCUT2D eigenvalue weighted by molar-refractivity contribution is 5.90. The van der Waals surface area contributed by atoms with Crippen LogP contribution in [-0.4, -0.2) is 45.1 Å². The Balaban J connectivity index is 1.68. The van der Waals surface area contributed by atoms with Crippen LogP contribution in [0.25, 0.3) is 0 Å². The van der Waals surface area contributed by atoms with Crippen molar-refractivity contribution in [1.82, 2.24) is 25.6 Å². The van der Waals surface area contributed by atoms with Gasteiger partial charge in [-0.2, -0.15) is 0 Å². The van der Waals surface area contributed by atoms with Crippen molar-refractivity contribution in [3.8, 4) is 0 Å². The maximum Gasteiger partial charge on any atom is 0.114 e. The van der Waals surface area contributed by atoms with E-state index in [9.17, 15) is 0 Å². The summed E-state index contributed by atoms with van der Waals surface area (Å²) in [5.41, 5.74) is 6.82. The van der Waals surface area contributed by atoms with Gasteiger partial charge in [-0.15, -0.1) is 5.10 Å². The molecule has 9 nitrogen and oxygen atoms in total. The predicted molar refractivity (Wildman–Crippen MR) is 154 cm³/mol. The summed E-state index contributed by atoms with van der Waals surface area (Å²) in [5.74, 6) is 1.46. The van der Waals surface area contributed by atoms with Crippen molar-refractivity contribution in [2.75, 3.05) is 6.54 Å². The summed E-state index contributed by atoms with van der Waals surface area (Å²) in [4.78, 5) is 0. The molecule has 1 aromatic rings. The number of nitrogens with one attached hydrogen (secondary N) is 5. The number of aromatic nitrogens is 3. The molecule has 1 aliphatic carbocycles. The zero-order chi connectivity index (χ0) is 26.9. The van der Waals surface area contributed by atoms with Gasteiger partial charge in [-0.25, -0.2) is 4.68 Å². The number of aryl methyl sites for hydroxylation is 1. The van der Waals surface area contributed by atoms with Crippen molar-refractivity contribution in [2.24, 2.45) is 11.7 Å². The van der Waals surface area contributed by atoms with E-state index < -0.39 is 0 Å². The van der Waals surface area contributed by atoms with Gasteiger partial charge in [0.05, 0.1) is 23.4 Å². The fourth-order valence-corrected chi connectivity index (χ4v) is 4.97. The Bertz CT molecular complexity index is 787. The van der Waals surface area contributed by atoms with Crippen LogP contribution in [0.1, 0.15) is 128 Å². The fourth-order valence-electron chi connectivity index (χ4n) is 4.97. The largest absolute Gasteiger partial charge is 0.386 e. The van der Waals surface area contributed by atoms with E-state index in [4.69, 9.17) is 22.0 Å². The van der Waals surface area contributed by atoms with Crippen molar-refractivity contribution >= 4 is 17.5 Å². The normalized spacial score (nSPS) is 17.3. The lowest BCUT2D eigenvalue weighted by Crippen LogP contribution is -2.46. The van der Waals surface area contributed by atoms with Crippen molar-refractivity contribution in [3.63, 3.8) is 0 Å². The van der Waals surface area contributed by atoms with Crippen LogP contribution in [0.3, 0.4) is 0 Å². The Labute approximate surface area is 224 Å². The van der Waals surface area contributed by atoms with E-state index >= 15 is 0 Å². The molecule has 0 radical (unpaired) electrons. The number of rotatable bonds is 12. The molecule has 0 saturated heterocycles. The van der Waals surface area contributed by atoms with Crippen LogP contribution in [0, 0.1) is 22.1 Å². The molecular formula is C28H53N9. The molecule has 9 heteroatoms. The predicted octanol–water partition coefficient (Wildman–Crippen LogP) is 5.71. The van der Waals surface area contributed by atoms with Gasteiger partial charge in [0, 0.05) is 37.5 Å². The first-order valence-electron chi connectivity index (χ1n) is 14.8. The molecule has 0 spiro atoms. The molecule has 1 heterocycles. The number of amidine groups is 3. The summed E-state index contributed by atoms with van der Waals surface area (Å²) in [6.45, 7) is 4.86. The van der Waals surface area contributed by atoms with Gasteiger partial charge in [-0.1, -0.05) is 69.4 Å². The van der Waals surface area contributed by atoms with Crippen molar-refractivity contribution in [1.29, 1.82) is 16.2 Å². The van der Waals surface area contributed by atoms with E-state index in [0.717, 1.165) is 44.3 Å². The van der Waals surface area contributed by atoms with E-state index in [-0.39, 0.29) is 17.8 Å². The second kappa shape index (κ2) is 17.9. The highest BCUT2D eigenvalue weighted by Crippen LogP contribution is 2.21. The average molecular weight is 516 g/mol. The van der Waals surface area contributed by atoms with E-state index in [0.29, 0.717) is 30.6 Å². The van der Waals surface area contributed by atoms with Gasteiger partial charge in [0.1, 0.15) is 5.84 Å². The first-order valence-corrected chi connectivity index (χ1v) is 14.8. The van der Waals surface area contributed by atoms with E-state index in [1.807, 2.05) is 10.9 Å². The third-order valence-electron chi connectivity index (χ3n) is 7.44. The minimum atomic E-state index is -0.278. The van der Waals surface area contributed by atoms with Crippen LogP contribution in [0.5, 0.6) is 0 Å². The molecule has 7 N–H and O–H groups in total. The van der Waals surface area contributed by atoms with Gasteiger partial charge in [-0.3, -0.25) is 16.2 Å². The molecule has 2 rings (SSSR count). The Morgan fingerprint density at radius 3 is 2.11 bits per heavy atom. The summed E-state index contributed by atoms with van der Waals surface area (Å²) in [6.07, 6.45) is 20.9. The molecule has 1 aliphatic rings. The molecule has 0 aromatic carbocycles. The van der Waals surface area contributed by atoms with Crippen LogP contribution in [0.15, 0.2) is 6.20 Å². The quantitative estimate of drug-likeness (QED) is 0.120. The fraction of sp³-hybridized carbons (Fsp3) is 0.821. The zero-order valence-electron chi connectivity index (χ0n) is 23.5. The SMILES string of the molecule is CC(C)n1cc(CCC(=N)NCCCC[C@H](NC(=N)C2CCCCCCCCCCCC2)C(=N)N)nn1. The third kappa shape index (κ3) is 13.1. The van der Waals surface area contributed by atoms with Gasteiger partial charge in [0.25, 0.3) is 0 Å². The molecule has 0 amide bonds. The number of hydrogen-bond donors (Lipinski definition) is 6. The minimum absolute atomic E-state index is 0.115. The maximum absolute atomic E-state index is 8.74. The van der Waals surface area contributed by atoms with E-state index in [1.54, 1.807) is 0 Å². The molecule has 1 fully saturated rings. The lowest BCUT2D eigenvalue weighted by atomic mass is 9.93. The van der Waals surface area contributed by atoms with E-state index in [1.165, 1.54) is 64.2 Å². The summed E-state index contributed by atoms with van der Waals surface area (Å²) in [6, 6.07) is 0.0145. The molecule has 0 unspecified atom stereocenters. The minimum Gasteiger partial charge on any atom is -0.386 e. The van der Waals surface area contributed by atoms with Crippen LogP contribution >= 0.6 is 0 Å². The van der Waals surface area contributed by atoms with Crippen molar-refractivity contribution in [2.45, 2.75) is 135 Å². The number of nitrogens with zero attached hydrogens (tertiary/aromatic N) is 3. The van der Waals surface area contributed by atoms with Crippen LogP contribution in [0.2, 0.25) is 0 Å². The van der Waals surface area contributed by atoms with Gasteiger partial charge in [0.2, 0.25) is 0 Å². The Morgan fingerprint density at radius 1 is 0.973 bits per heavy atom. The summed E-state index contributed by atoms with van der Waals surface area (Å²) in [5, 5.41) is 39.8. The number of hydrogen-bond acceptors (Lipinski definition) is 5. The van der Waals surface area contributed by atoms with Crippen molar-refractivity contribution < 1.29 is 0 Å². The summed E-state index contributed by atoms with van der Waals surface area (Å²) < 4.78 is 1.84. The molecule has 1 aromatic heterocycles. The first-order chi connectivity index (χ1) is 17.9.